The molecule has 16 heteroatoms. The number of hydrogen-bond donors (Lipinski definition) is 0. The molecule has 16 heavy (non-hydrogen) atoms. The molecule has 0 aromatic carbocycles. The Morgan fingerprint density at radius 3 is 0.625 bits per heavy atom. The first-order chi connectivity index (χ1) is 6.83. The van der Waals surface area contributed by atoms with Crippen molar-refractivity contribution in [1.82, 2.24) is 0 Å². The van der Waals surface area contributed by atoms with Gasteiger partial charge in [0.25, 0.3) is 0 Å². The molecule has 1 aliphatic heterocycles. The van der Waals surface area contributed by atoms with Crippen LogP contribution in [0.1, 0.15) is 0 Å². The van der Waals surface area contributed by atoms with Crippen molar-refractivity contribution in [3.8, 4) is 0 Å². The van der Waals surface area contributed by atoms with Crippen molar-refractivity contribution in [3.05, 3.63) is 0 Å². The third-order valence-electron chi connectivity index (χ3n) is 0.667. The monoisotopic (exact) mass is 928 g/mol. The molecule has 0 N–H and O–H groups in total. The van der Waals surface area contributed by atoms with Gasteiger partial charge < -0.3 is 0 Å². The molecule has 0 atom stereocenters. The summed E-state index contributed by atoms with van der Waals surface area (Å²) < 4.78 is 98.9. The van der Waals surface area contributed by atoms with Crippen LogP contribution in [-0.2, 0) is 102 Å². The fourth-order valence-electron chi connectivity index (χ4n) is 0.454. The van der Waals surface area contributed by atoms with E-state index in [0.29, 0.717) is 0 Å². The molecule has 0 aromatic rings. The Balaban J connectivity index is 3.40. The third kappa shape index (κ3) is 4.70. The van der Waals surface area contributed by atoms with Crippen LogP contribution in [-0.4, -0.2) is 0 Å². The number of rotatable bonds is 0. The van der Waals surface area contributed by atoms with Crippen LogP contribution in [0.2, 0.25) is 0 Å². The van der Waals surface area contributed by atoms with Crippen molar-refractivity contribution in [3.63, 3.8) is 0 Å². The first kappa shape index (κ1) is 15.1. The molecule has 96 valence electrons. The molecule has 0 bridgehead atoms. The molecule has 0 spiro atoms. The van der Waals surface area contributed by atoms with Crippen molar-refractivity contribution in [2.45, 2.75) is 0 Å². The van der Waals surface area contributed by atoms with Crippen LogP contribution in [0.3, 0.4) is 0 Å². The van der Waals surface area contributed by atoms with Gasteiger partial charge in [-0.3, -0.25) is 0 Å². The van der Waals surface area contributed by atoms with Crippen LogP contribution in [0.15, 0.2) is 0 Å². The summed E-state index contributed by atoms with van der Waals surface area (Å²) in [5, 5.41) is 0. The second-order valence-corrected chi connectivity index (χ2v) is 31.6. The van der Waals surface area contributed by atoms with E-state index in [2.05, 4.69) is 8.17 Å². The van der Waals surface area contributed by atoms with Gasteiger partial charge in [-0.25, -0.2) is 0 Å². The fraction of sp³-hybridized carbons (Fsp3) is 0. The van der Waals surface area contributed by atoms with Gasteiger partial charge in [0.1, 0.15) is 0 Å². The SMILES string of the molecule is [O]=[W]1(=[O])[O][W](=[O])(=[O])[O][W](=[O])(=[O])[O][W](=[O])(=[O])[O]1. The molecule has 1 aliphatic rings. The van der Waals surface area contributed by atoms with Crippen LogP contribution in [0, 0.1) is 0 Å². The molecule has 1 heterocycles. The minimum atomic E-state index is -6.81. The molecular weight excluding hydrogens is 927 g/mol. The summed E-state index contributed by atoms with van der Waals surface area (Å²) >= 11 is -27.3. The van der Waals surface area contributed by atoms with Gasteiger partial charge >= 0.3 is 102 Å². The normalized spacial score (nSPS) is 31.0. The Morgan fingerprint density at radius 2 is 0.500 bits per heavy atom. The van der Waals surface area contributed by atoms with Crippen LogP contribution >= 0.6 is 0 Å². The summed E-state index contributed by atoms with van der Waals surface area (Å²) in [7, 11) is 0. The van der Waals surface area contributed by atoms with E-state index in [9.17, 15) is 27.2 Å². The summed E-state index contributed by atoms with van der Waals surface area (Å²) in [5.74, 6) is 0. The zero-order valence-electron chi connectivity index (χ0n) is 6.53. The Bertz CT molecular complexity index is 517. The Kier molecular flexibility index (Phi) is 4.02. The third-order valence-corrected chi connectivity index (χ3v) is 44.7. The summed E-state index contributed by atoms with van der Waals surface area (Å²) in [4.78, 5) is 0. The molecule has 1 rings (SSSR count). The van der Waals surface area contributed by atoms with Gasteiger partial charge in [-0.15, -0.1) is 0 Å². The summed E-state index contributed by atoms with van der Waals surface area (Å²) in [6.45, 7) is 0. The van der Waals surface area contributed by atoms with Crippen molar-refractivity contribution in [1.29, 1.82) is 0 Å². The standard InChI is InChI=1S/12O.4W. The van der Waals surface area contributed by atoms with Crippen LogP contribution in [0.25, 0.3) is 0 Å². The van der Waals surface area contributed by atoms with E-state index in [1.807, 2.05) is 0 Å². The van der Waals surface area contributed by atoms with Gasteiger partial charge in [-0.2, -0.15) is 0 Å². The summed E-state index contributed by atoms with van der Waals surface area (Å²) in [5.41, 5.74) is 0. The Morgan fingerprint density at radius 1 is 0.375 bits per heavy atom. The predicted molar refractivity (Wildman–Crippen MR) is 9.83 cm³/mol. The molecule has 1 saturated heterocycles. The van der Waals surface area contributed by atoms with Crippen molar-refractivity contribution < 1.29 is 102 Å². The van der Waals surface area contributed by atoms with Gasteiger partial charge in [-0.1, -0.05) is 0 Å². The molecular formula is O12W4. The molecule has 0 amide bonds. The molecule has 0 aromatic heterocycles. The summed E-state index contributed by atoms with van der Waals surface area (Å²) in [6.07, 6.45) is 0. The van der Waals surface area contributed by atoms with E-state index in [-0.39, 0.29) is 0 Å². The van der Waals surface area contributed by atoms with Gasteiger partial charge in [0.2, 0.25) is 0 Å². The maximum atomic E-state index is 10.7. The Hall–Kier alpha value is 0.993. The average Bonchev–Trinajstić information content (AvgIpc) is 1.67. The quantitative estimate of drug-likeness (QED) is 0.284. The van der Waals surface area contributed by atoms with Crippen molar-refractivity contribution in [2.75, 3.05) is 0 Å². The van der Waals surface area contributed by atoms with Crippen LogP contribution in [0.5, 0.6) is 0 Å². The number of hydrogen-bond acceptors (Lipinski definition) is 12. The predicted octanol–water partition coefficient (Wildman–Crippen LogP) is -1.23. The Labute approximate surface area is 101 Å². The van der Waals surface area contributed by atoms with Gasteiger partial charge in [0, 0.05) is 0 Å². The van der Waals surface area contributed by atoms with E-state index in [0.717, 1.165) is 0 Å². The molecule has 0 saturated carbocycles. The van der Waals surface area contributed by atoms with E-state index in [1.165, 1.54) is 0 Å². The molecule has 0 unspecified atom stereocenters. The van der Waals surface area contributed by atoms with Crippen molar-refractivity contribution in [2.24, 2.45) is 0 Å². The second kappa shape index (κ2) is 4.28. The van der Waals surface area contributed by atoms with Gasteiger partial charge in [0.05, 0.1) is 0 Å². The first-order valence-electron chi connectivity index (χ1n) is 2.67. The fourth-order valence-corrected chi connectivity index (χ4v) is 52.2. The molecule has 0 aliphatic carbocycles. The topological polar surface area (TPSA) is 173 Å². The molecule has 12 nitrogen and oxygen atoms in total. The first-order valence-corrected chi connectivity index (χ1v) is 21.8. The van der Waals surface area contributed by atoms with Crippen LogP contribution in [0.4, 0.5) is 0 Å². The maximum absolute atomic E-state index is 10.7. The van der Waals surface area contributed by atoms with Gasteiger partial charge in [0.15, 0.2) is 0 Å². The van der Waals surface area contributed by atoms with E-state index in [1.54, 1.807) is 0 Å². The zero-order chi connectivity index (χ0) is 12.8. The molecule has 0 radical (unpaired) electrons. The molecule has 1 fully saturated rings. The van der Waals surface area contributed by atoms with E-state index in [4.69, 9.17) is 0 Å². The van der Waals surface area contributed by atoms with Crippen molar-refractivity contribution >= 4 is 0 Å². The van der Waals surface area contributed by atoms with Gasteiger partial charge in [-0.05, 0) is 0 Å². The zero-order valence-corrected chi connectivity index (χ0v) is 18.3. The minimum absolute atomic E-state index is 3.31. The summed E-state index contributed by atoms with van der Waals surface area (Å²) in [6, 6.07) is 0. The second-order valence-electron chi connectivity index (χ2n) is 1.91. The van der Waals surface area contributed by atoms with Crippen LogP contribution < -0.4 is 0 Å². The van der Waals surface area contributed by atoms with E-state index < -0.39 is 67.0 Å². The average molecular weight is 927 g/mol. The van der Waals surface area contributed by atoms with E-state index >= 15 is 0 Å².